The molecule has 0 aliphatic heterocycles. The van der Waals surface area contributed by atoms with E-state index in [1.165, 1.54) is 11.3 Å². The van der Waals surface area contributed by atoms with Crippen LogP contribution in [0.15, 0.2) is 23.6 Å². The van der Waals surface area contributed by atoms with Crippen LogP contribution in [0, 0.1) is 0 Å². The standard InChI is InChI=1S/C14H15Cl2N3OS/c1-8(17)13-18-12(7-21-13)14(20)19(2)6-9-3-10(15)5-11(16)4-9/h3-5,7-8H,6,17H2,1-2H3. The van der Waals surface area contributed by atoms with Crippen molar-refractivity contribution in [3.63, 3.8) is 0 Å². The number of carbonyl (C=O) groups excluding carboxylic acids is 1. The van der Waals surface area contributed by atoms with E-state index < -0.39 is 0 Å². The van der Waals surface area contributed by atoms with Gasteiger partial charge in [0.05, 0.1) is 6.04 Å². The number of halogens is 2. The van der Waals surface area contributed by atoms with Crippen LogP contribution in [0.2, 0.25) is 10.0 Å². The summed E-state index contributed by atoms with van der Waals surface area (Å²) in [6, 6.07) is 5.05. The Labute approximate surface area is 137 Å². The molecule has 0 aliphatic carbocycles. The van der Waals surface area contributed by atoms with Crippen LogP contribution in [-0.2, 0) is 6.54 Å². The summed E-state index contributed by atoms with van der Waals surface area (Å²) in [4.78, 5) is 18.1. The number of benzene rings is 1. The third kappa shape index (κ3) is 4.17. The summed E-state index contributed by atoms with van der Waals surface area (Å²) in [5, 5.41) is 3.57. The Balaban J connectivity index is 2.11. The predicted octanol–water partition coefficient (Wildman–Crippen LogP) is 3.74. The van der Waals surface area contributed by atoms with Crippen molar-refractivity contribution in [2.24, 2.45) is 5.73 Å². The molecule has 0 radical (unpaired) electrons. The summed E-state index contributed by atoms with van der Waals surface area (Å²) in [5.41, 5.74) is 7.03. The first-order valence-electron chi connectivity index (χ1n) is 6.28. The van der Waals surface area contributed by atoms with E-state index in [1.807, 2.05) is 6.92 Å². The van der Waals surface area contributed by atoms with Gasteiger partial charge in [-0.05, 0) is 30.7 Å². The quantitative estimate of drug-likeness (QED) is 0.919. The van der Waals surface area contributed by atoms with Crippen LogP contribution >= 0.6 is 34.5 Å². The van der Waals surface area contributed by atoms with Crippen molar-refractivity contribution in [3.8, 4) is 0 Å². The molecule has 1 aromatic heterocycles. The molecule has 2 aromatic rings. The number of nitrogens with two attached hydrogens (primary N) is 1. The lowest BCUT2D eigenvalue weighted by Gasteiger charge is -2.16. The molecule has 1 heterocycles. The van der Waals surface area contributed by atoms with Crippen molar-refractivity contribution in [3.05, 3.63) is 49.9 Å². The van der Waals surface area contributed by atoms with E-state index >= 15 is 0 Å². The highest BCUT2D eigenvalue weighted by molar-refractivity contribution is 7.09. The van der Waals surface area contributed by atoms with Gasteiger partial charge in [0, 0.05) is 29.0 Å². The Hall–Kier alpha value is -1.14. The summed E-state index contributed by atoms with van der Waals surface area (Å²) in [6.07, 6.45) is 0. The fourth-order valence-corrected chi connectivity index (χ4v) is 3.16. The van der Waals surface area contributed by atoms with Crippen molar-refractivity contribution in [1.29, 1.82) is 0 Å². The van der Waals surface area contributed by atoms with Crippen LogP contribution in [-0.4, -0.2) is 22.8 Å². The van der Waals surface area contributed by atoms with Crippen molar-refractivity contribution < 1.29 is 4.79 Å². The zero-order valence-corrected chi connectivity index (χ0v) is 14.0. The molecule has 1 amide bonds. The number of hydrogen-bond donors (Lipinski definition) is 1. The lowest BCUT2D eigenvalue weighted by atomic mass is 10.2. The Morgan fingerprint density at radius 3 is 2.52 bits per heavy atom. The van der Waals surface area contributed by atoms with Crippen molar-refractivity contribution >= 4 is 40.4 Å². The summed E-state index contributed by atoms with van der Waals surface area (Å²) < 4.78 is 0. The third-order valence-corrected chi connectivity index (χ3v) is 4.30. The fourth-order valence-electron chi connectivity index (χ4n) is 1.84. The number of nitrogens with zero attached hydrogens (tertiary/aromatic N) is 2. The molecule has 2 N–H and O–H groups in total. The summed E-state index contributed by atoms with van der Waals surface area (Å²) in [7, 11) is 1.71. The van der Waals surface area contributed by atoms with Gasteiger partial charge in [-0.1, -0.05) is 23.2 Å². The van der Waals surface area contributed by atoms with E-state index in [2.05, 4.69) is 4.98 Å². The normalized spacial score (nSPS) is 12.2. The van der Waals surface area contributed by atoms with E-state index in [4.69, 9.17) is 28.9 Å². The van der Waals surface area contributed by atoms with Gasteiger partial charge in [-0.3, -0.25) is 4.79 Å². The van der Waals surface area contributed by atoms with E-state index in [1.54, 1.807) is 35.5 Å². The van der Waals surface area contributed by atoms with Gasteiger partial charge >= 0.3 is 0 Å². The SMILES string of the molecule is CC(N)c1nc(C(=O)N(C)Cc2cc(Cl)cc(Cl)c2)cs1. The molecule has 1 unspecified atom stereocenters. The van der Waals surface area contributed by atoms with E-state index in [0.717, 1.165) is 10.6 Å². The Morgan fingerprint density at radius 2 is 2.00 bits per heavy atom. The average molecular weight is 344 g/mol. The maximum Gasteiger partial charge on any atom is 0.273 e. The van der Waals surface area contributed by atoms with E-state index in [0.29, 0.717) is 22.3 Å². The van der Waals surface area contributed by atoms with Gasteiger partial charge in [-0.25, -0.2) is 4.98 Å². The van der Waals surface area contributed by atoms with E-state index in [-0.39, 0.29) is 11.9 Å². The maximum atomic E-state index is 12.3. The Kier molecular flexibility index (Phi) is 5.22. The minimum atomic E-state index is -0.173. The van der Waals surface area contributed by atoms with Crippen LogP contribution in [0.25, 0.3) is 0 Å². The van der Waals surface area contributed by atoms with Crippen molar-refractivity contribution in [2.75, 3.05) is 7.05 Å². The predicted molar refractivity (Wildman–Crippen MR) is 87.0 cm³/mol. The smallest absolute Gasteiger partial charge is 0.273 e. The van der Waals surface area contributed by atoms with Crippen molar-refractivity contribution in [1.82, 2.24) is 9.88 Å². The first kappa shape index (κ1) is 16.2. The molecule has 112 valence electrons. The van der Waals surface area contributed by atoms with Crippen molar-refractivity contribution in [2.45, 2.75) is 19.5 Å². The van der Waals surface area contributed by atoms with Crippen LogP contribution in [0.3, 0.4) is 0 Å². The van der Waals surface area contributed by atoms with Crippen LogP contribution in [0.1, 0.15) is 34.0 Å². The summed E-state index contributed by atoms with van der Waals surface area (Å²) >= 11 is 13.3. The minimum Gasteiger partial charge on any atom is -0.336 e. The largest absolute Gasteiger partial charge is 0.336 e. The number of thiazole rings is 1. The first-order valence-corrected chi connectivity index (χ1v) is 7.92. The maximum absolute atomic E-state index is 12.3. The number of hydrogen-bond acceptors (Lipinski definition) is 4. The van der Waals surface area contributed by atoms with Gasteiger partial charge < -0.3 is 10.6 Å². The number of carbonyl (C=O) groups is 1. The third-order valence-electron chi connectivity index (χ3n) is 2.82. The second-order valence-electron chi connectivity index (χ2n) is 4.80. The Bertz CT molecular complexity index is 637. The fraction of sp³-hybridized carbons (Fsp3) is 0.286. The topological polar surface area (TPSA) is 59.2 Å². The lowest BCUT2D eigenvalue weighted by molar-refractivity contribution is 0.0780. The molecule has 0 bridgehead atoms. The molecule has 21 heavy (non-hydrogen) atoms. The second-order valence-corrected chi connectivity index (χ2v) is 6.56. The molecule has 4 nitrogen and oxygen atoms in total. The lowest BCUT2D eigenvalue weighted by Crippen LogP contribution is -2.26. The number of aromatic nitrogens is 1. The molecule has 0 saturated carbocycles. The molecule has 0 fully saturated rings. The number of rotatable bonds is 4. The highest BCUT2D eigenvalue weighted by atomic mass is 35.5. The van der Waals surface area contributed by atoms with Crippen LogP contribution in [0.4, 0.5) is 0 Å². The molecule has 1 atom stereocenters. The number of amides is 1. The van der Waals surface area contributed by atoms with Gasteiger partial charge in [0.15, 0.2) is 0 Å². The highest BCUT2D eigenvalue weighted by Crippen LogP contribution is 2.21. The summed E-state index contributed by atoms with van der Waals surface area (Å²) in [5.74, 6) is -0.158. The zero-order valence-electron chi connectivity index (χ0n) is 11.6. The molecule has 1 aromatic carbocycles. The highest BCUT2D eigenvalue weighted by Gasteiger charge is 2.17. The van der Waals surface area contributed by atoms with Gasteiger partial charge in [0.25, 0.3) is 5.91 Å². The van der Waals surface area contributed by atoms with Gasteiger partial charge in [-0.15, -0.1) is 11.3 Å². The zero-order chi connectivity index (χ0) is 15.6. The van der Waals surface area contributed by atoms with Gasteiger partial charge in [0.2, 0.25) is 0 Å². The monoisotopic (exact) mass is 343 g/mol. The molecule has 0 aliphatic rings. The molecular weight excluding hydrogens is 329 g/mol. The van der Waals surface area contributed by atoms with E-state index in [9.17, 15) is 4.79 Å². The second kappa shape index (κ2) is 6.75. The Morgan fingerprint density at radius 1 is 1.38 bits per heavy atom. The van der Waals surface area contributed by atoms with Gasteiger partial charge in [0.1, 0.15) is 10.7 Å². The van der Waals surface area contributed by atoms with Gasteiger partial charge in [-0.2, -0.15) is 0 Å². The van der Waals surface area contributed by atoms with Crippen LogP contribution < -0.4 is 5.73 Å². The summed E-state index contributed by atoms with van der Waals surface area (Å²) in [6.45, 7) is 2.24. The molecule has 0 saturated heterocycles. The first-order chi connectivity index (χ1) is 9.86. The molecule has 2 rings (SSSR count). The average Bonchev–Trinajstić information content (AvgIpc) is 2.86. The molecule has 0 spiro atoms. The molecular formula is C14H15Cl2N3OS. The van der Waals surface area contributed by atoms with Crippen LogP contribution in [0.5, 0.6) is 0 Å². The molecule has 7 heteroatoms. The minimum absolute atomic E-state index is 0.158.